The fourth-order valence-electron chi connectivity index (χ4n) is 1.78. The Kier molecular flexibility index (Phi) is 5.12. The number of ether oxygens (including phenoxy) is 1. The average molecular weight is 354 g/mol. The Labute approximate surface area is 131 Å². The molecule has 6 heteroatoms. The molecule has 21 heavy (non-hydrogen) atoms. The minimum absolute atomic E-state index is 0.324. The van der Waals surface area contributed by atoms with Gasteiger partial charge in [0.15, 0.2) is 0 Å². The molecule has 4 nitrogen and oxygen atoms in total. The van der Waals surface area contributed by atoms with Gasteiger partial charge in [-0.25, -0.2) is 9.37 Å². The zero-order valence-corrected chi connectivity index (χ0v) is 13.8. The van der Waals surface area contributed by atoms with Crippen molar-refractivity contribution in [2.75, 3.05) is 11.9 Å². The summed E-state index contributed by atoms with van der Waals surface area (Å²) in [5, 5.41) is 3.25. The number of aromatic nitrogens is 2. The second-order valence-electron chi connectivity index (χ2n) is 4.65. The smallest absolute Gasteiger partial charge is 0.227 e. The number of rotatable bonds is 5. The van der Waals surface area contributed by atoms with Crippen LogP contribution in [0.1, 0.15) is 24.7 Å². The lowest BCUT2D eigenvalue weighted by Gasteiger charge is -2.13. The summed E-state index contributed by atoms with van der Waals surface area (Å²) in [5.74, 6) is 2.03. The number of nitrogens with one attached hydrogen (secondary N) is 1. The SMILES string of the molecule is CCCNc1nc(C)nc(Oc2ccc(F)cc2Br)c1C. The number of anilines is 1. The average Bonchev–Trinajstić information content (AvgIpc) is 2.43. The van der Waals surface area contributed by atoms with Gasteiger partial charge in [-0.2, -0.15) is 4.98 Å². The lowest BCUT2D eigenvalue weighted by Crippen LogP contribution is -2.07. The van der Waals surface area contributed by atoms with E-state index in [0.29, 0.717) is 21.9 Å². The summed E-state index contributed by atoms with van der Waals surface area (Å²) in [6.07, 6.45) is 1.00. The third kappa shape index (κ3) is 3.91. The Morgan fingerprint density at radius 3 is 2.71 bits per heavy atom. The van der Waals surface area contributed by atoms with Gasteiger partial charge < -0.3 is 10.1 Å². The van der Waals surface area contributed by atoms with Gasteiger partial charge in [-0.05, 0) is 54.4 Å². The second kappa shape index (κ2) is 6.85. The lowest BCUT2D eigenvalue weighted by molar-refractivity contribution is 0.451. The number of hydrogen-bond donors (Lipinski definition) is 1. The summed E-state index contributed by atoms with van der Waals surface area (Å²) in [6, 6.07) is 4.27. The fourth-order valence-corrected chi connectivity index (χ4v) is 2.21. The molecule has 0 saturated carbocycles. The van der Waals surface area contributed by atoms with E-state index in [1.165, 1.54) is 12.1 Å². The molecule has 0 amide bonds. The van der Waals surface area contributed by atoms with Gasteiger partial charge in [0.25, 0.3) is 0 Å². The van der Waals surface area contributed by atoms with Gasteiger partial charge in [-0.15, -0.1) is 0 Å². The fraction of sp³-hybridized carbons (Fsp3) is 0.333. The van der Waals surface area contributed by atoms with Crippen molar-refractivity contribution in [3.8, 4) is 11.6 Å². The van der Waals surface area contributed by atoms with Crippen LogP contribution in [0.25, 0.3) is 0 Å². The van der Waals surface area contributed by atoms with Gasteiger partial charge in [0.05, 0.1) is 10.0 Å². The molecule has 0 aliphatic rings. The van der Waals surface area contributed by atoms with Gasteiger partial charge in [-0.1, -0.05) is 6.92 Å². The molecule has 0 radical (unpaired) electrons. The summed E-state index contributed by atoms with van der Waals surface area (Å²) in [5.41, 5.74) is 0.824. The van der Waals surface area contributed by atoms with Crippen molar-refractivity contribution in [2.45, 2.75) is 27.2 Å². The highest BCUT2D eigenvalue weighted by Crippen LogP contribution is 2.32. The minimum atomic E-state index is -0.324. The van der Waals surface area contributed by atoms with E-state index in [1.54, 1.807) is 6.07 Å². The summed E-state index contributed by atoms with van der Waals surface area (Å²) in [4.78, 5) is 8.69. The van der Waals surface area contributed by atoms with E-state index in [-0.39, 0.29) is 5.82 Å². The van der Waals surface area contributed by atoms with Crippen molar-refractivity contribution in [3.05, 3.63) is 39.9 Å². The molecule has 112 valence electrons. The van der Waals surface area contributed by atoms with Gasteiger partial charge in [0.1, 0.15) is 23.2 Å². The highest BCUT2D eigenvalue weighted by Gasteiger charge is 2.12. The summed E-state index contributed by atoms with van der Waals surface area (Å²) in [6.45, 7) is 6.62. The Bertz CT molecular complexity index is 649. The van der Waals surface area contributed by atoms with Crippen LogP contribution in [0.5, 0.6) is 11.6 Å². The van der Waals surface area contributed by atoms with Crippen LogP contribution in [0.15, 0.2) is 22.7 Å². The first-order valence-corrected chi connectivity index (χ1v) is 7.52. The number of benzene rings is 1. The van der Waals surface area contributed by atoms with Crippen LogP contribution in [0.3, 0.4) is 0 Å². The van der Waals surface area contributed by atoms with Gasteiger partial charge in [0, 0.05) is 6.54 Å². The van der Waals surface area contributed by atoms with Gasteiger partial charge in [0.2, 0.25) is 5.88 Å². The van der Waals surface area contributed by atoms with Crippen molar-refractivity contribution in [1.29, 1.82) is 0 Å². The Balaban J connectivity index is 2.32. The zero-order valence-electron chi connectivity index (χ0n) is 12.2. The zero-order chi connectivity index (χ0) is 15.4. The van der Waals surface area contributed by atoms with Gasteiger partial charge >= 0.3 is 0 Å². The van der Waals surface area contributed by atoms with E-state index >= 15 is 0 Å². The molecule has 0 saturated heterocycles. The van der Waals surface area contributed by atoms with Crippen LogP contribution >= 0.6 is 15.9 Å². The van der Waals surface area contributed by atoms with Crippen molar-refractivity contribution in [3.63, 3.8) is 0 Å². The van der Waals surface area contributed by atoms with Crippen LogP contribution in [0, 0.1) is 19.7 Å². The molecule has 0 atom stereocenters. The Morgan fingerprint density at radius 2 is 2.05 bits per heavy atom. The first-order valence-electron chi connectivity index (χ1n) is 6.73. The molecule has 0 aliphatic carbocycles. The summed E-state index contributed by atoms with van der Waals surface area (Å²) < 4.78 is 19.4. The lowest BCUT2D eigenvalue weighted by atomic mass is 10.3. The monoisotopic (exact) mass is 353 g/mol. The molecule has 0 fully saturated rings. The van der Waals surface area contributed by atoms with E-state index in [9.17, 15) is 4.39 Å². The quantitative estimate of drug-likeness (QED) is 0.852. The molecule has 2 rings (SSSR count). The highest BCUT2D eigenvalue weighted by atomic mass is 79.9. The third-order valence-electron chi connectivity index (χ3n) is 2.86. The Hall–Kier alpha value is -1.69. The number of hydrogen-bond acceptors (Lipinski definition) is 4. The molecule has 0 aliphatic heterocycles. The molecule has 1 aromatic carbocycles. The van der Waals surface area contributed by atoms with E-state index in [1.807, 2.05) is 13.8 Å². The molecular formula is C15H17BrFN3O. The van der Waals surface area contributed by atoms with Crippen molar-refractivity contribution < 1.29 is 9.13 Å². The molecular weight excluding hydrogens is 337 g/mol. The van der Waals surface area contributed by atoms with Crippen LogP contribution in [0.4, 0.5) is 10.2 Å². The molecule has 0 unspecified atom stereocenters. The van der Waals surface area contributed by atoms with Gasteiger partial charge in [-0.3, -0.25) is 0 Å². The van der Waals surface area contributed by atoms with Crippen LogP contribution in [-0.2, 0) is 0 Å². The Morgan fingerprint density at radius 1 is 1.29 bits per heavy atom. The van der Waals surface area contributed by atoms with E-state index < -0.39 is 0 Å². The van der Waals surface area contributed by atoms with Crippen LogP contribution in [-0.4, -0.2) is 16.5 Å². The molecule has 0 bridgehead atoms. The topological polar surface area (TPSA) is 47.0 Å². The maximum Gasteiger partial charge on any atom is 0.227 e. The van der Waals surface area contributed by atoms with Crippen molar-refractivity contribution >= 4 is 21.7 Å². The van der Waals surface area contributed by atoms with Crippen molar-refractivity contribution in [2.24, 2.45) is 0 Å². The number of halogens is 2. The molecule has 2 aromatic rings. The standard InChI is InChI=1S/C15H17BrFN3O/c1-4-7-18-14-9(2)15(20-10(3)19-14)21-13-6-5-11(17)8-12(13)16/h5-6,8H,4,7H2,1-3H3,(H,18,19,20). The third-order valence-corrected chi connectivity index (χ3v) is 3.48. The molecule has 1 aromatic heterocycles. The maximum absolute atomic E-state index is 13.1. The summed E-state index contributed by atoms with van der Waals surface area (Å²) in [7, 11) is 0. The largest absolute Gasteiger partial charge is 0.437 e. The van der Waals surface area contributed by atoms with E-state index in [0.717, 1.165) is 24.3 Å². The normalized spacial score (nSPS) is 10.5. The summed E-state index contributed by atoms with van der Waals surface area (Å²) >= 11 is 3.28. The van der Waals surface area contributed by atoms with E-state index in [2.05, 4.69) is 38.1 Å². The maximum atomic E-state index is 13.1. The molecule has 1 heterocycles. The molecule has 1 N–H and O–H groups in total. The van der Waals surface area contributed by atoms with Crippen LogP contribution < -0.4 is 10.1 Å². The minimum Gasteiger partial charge on any atom is -0.437 e. The van der Waals surface area contributed by atoms with Crippen LogP contribution in [0.2, 0.25) is 0 Å². The second-order valence-corrected chi connectivity index (χ2v) is 5.51. The first-order chi connectivity index (χ1) is 10.0. The molecule has 0 spiro atoms. The predicted octanol–water partition coefficient (Wildman–Crippen LogP) is 4.61. The number of nitrogens with zero attached hydrogens (tertiary/aromatic N) is 2. The van der Waals surface area contributed by atoms with Crippen molar-refractivity contribution in [1.82, 2.24) is 9.97 Å². The van der Waals surface area contributed by atoms with E-state index in [4.69, 9.17) is 4.74 Å². The first kappa shape index (κ1) is 15.7. The highest BCUT2D eigenvalue weighted by molar-refractivity contribution is 9.10. The number of aryl methyl sites for hydroxylation is 1. The predicted molar refractivity (Wildman–Crippen MR) is 84.5 cm³/mol.